The van der Waals surface area contributed by atoms with E-state index in [4.69, 9.17) is 32.5 Å². The Balaban J connectivity index is 1.52. The van der Waals surface area contributed by atoms with Gasteiger partial charge in [-0.25, -0.2) is 9.97 Å². The molecule has 1 amide bonds. The molecule has 2 aromatic carbocycles. The Morgan fingerprint density at radius 2 is 1.90 bits per heavy atom. The molecule has 10 heteroatoms. The monoisotopic (exact) mass is 546 g/mol. The number of amides is 1. The molecule has 4 aromatic rings. The lowest BCUT2D eigenvalue weighted by molar-refractivity contribution is -0.137. The number of anilines is 2. The first-order valence-corrected chi connectivity index (χ1v) is 13.6. The maximum absolute atomic E-state index is 13.3. The van der Waals surface area contributed by atoms with Crippen molar-refractivity contribution < 1.29 is 14.7 Å². The average Bonchev–Trinajstić information content (AvgIpc) is 3.40. The number of halogens is 1. The summed E-state index contributed by atoms with van der Waals surface area (Å²) in [5.74, 6) is -0.218. The van der Waals surface area contributed by atoms with E-state index < -0.39 is 11.4 Å². The maximum Gasteiger partial charge on any atom is 0.303 e. The average molecular weight is 547 g/mol. The zero-order valence-corrected chi connectivity index (χ0v) is 22.8. The smallest absolute Gasteiger partial charge is 0.303 e. The highest BCUT2D eigenvalue weighted by atomic mass is 35.5. The molecule has 0 saturated heterocycles. The summed E-state index contributed by atoms with van der Waals surface area (Å²) in [6, 6.07) is 12.9. The number of nitrogens with two attached hydrogens (primary N) is 1. The third-order valence-electron chi connectivity index (χ3n) is 7.43. The second-order valence-corrected chi connectivity index (χ2v) is 10.6. The van der Waals surface area contributed by atoms with Crippen LogP contribution in [0.4, 0.5) is 11.6 Å². The Hall–Kier alpha value is -3.98. The van der Waals surface area contributed by atoms with Gasteiger partial charge < -0.3 is 16.2 Å². The molecule has 2 aromatic heterocycles. The molecule has 0 fully saturated rings. The lowest BCUT2D eigenvalue weighted by atomic mass is 9.77. The molecule has 39 heavy (non-hydrogen) atoms. The van der Waals surface area contributed by atoms with E-state index in [9.17, 15) is 9.59 Å². The lowest BCUT2D eigenvalue weighted by Crippen LogP contribution is -2.33. The largest absolute Gasteiger partial charge is 0.481 e. The first kappa shape index (κ1) is 26.6. The van der Waals surface area contributed by atoms with Crippen molar-refractivity contribution in [1.82, 2.24) is 19.7 Å². The first-order valence-electron chi connectivity index (χ1n) is 13.2. The molecule has 1 aliphatic heterocycles. The number of fused-ring (bicyclic) bond motifs is 2. The van der Waals surface area contributed by atoms with E-state index in [1.165, 1.54) is 6.42 Å². The zero-order valence-electron chi connectivity index (χ0n) is 22.0. The summed E-state index contributed by atoms with van der Waals surface area (Å²) in [6.45, 7) is 4.72. The van der Waals surface area contributed by atoms with Gasteiger partial charge in [-0.05, 0) is 49.1 Å². The molecule has 0 bridgehead atoms. The molecular formula is C29H31ClN6O3. The molecule has 0 saturated carbocycles. The van der Waals surface area contributed by atoms with Gasteiger partial charge in [0.25, 0.3) is 0 Å². The van der Waals surface area contributed by atoms with Crippen LogP contribution in [0.25, 0.3) is 22.4 Å². The van der Waals surface area contributed by atoms with E-state index >= 15 is 0 Å². The molecule has 9 nitrogen and oxygen atoms in total. The predicted octanol–water partition coefficient (Wildman–Crippen LogP) is 5.58. The standard InChI is InChI=1S/C29H31ClN6O3/c1-3-4-5-6-15-36-21-16-19(30)12-13-20(21)24(35-36)27-32-25(31)23-26(33-27)34-28(39)29(23,2)18-10-7-17(8-11-18)9-14-22(37)38/h7-8,10-13,16H,3-6,9,14-15H2,1-2H3,(H,37,38)(H3,31,32,33,34,39)/t29-/m1/s1. The fourth-order valence-corrected chi connectivity index (χ4v) is 5.38. The van der Waals surface area contributed by atoms with Crippen LogP contribution in [0.2, 0.25) is 5.02 Å². The number of aromatic nitrogens is 4. The third-order valence-corrected chi connectivity index (χ3v) is 7.67. The molecule has 0 unspecified atom stereocenters. The molecule has 1 aliphatic rings. The van der Waals surface area contributed by atoms with Crippen LogP contribution in [0.5, 0.6) is 0 Å². The minimum absolute atomic E-state index is 0.0406. The number of carbonyl (C=O) groups is 2. The highest BCUT2D eigenvalue weighted by Crippen LogP contribution is 2.45. The van der Waals surface area contributed by atoms with E-state index in [1.807, 2.05) is 47.1 Å². The van der Waals surface area contributed by atoms with Gasteiger partial charge in [-0.15, -0.1) is 0 Å². The van der Waals surface area contributed by atoms with Crippen molar-refractivity contribution in [2.45, 2.75) is 64.3 Å². The molecule has 0 aliphatic carbocycles. The number of benzene rings is 2. The fourth-order valence-electron chi connectivity index (χ4n) is 5.22. The van der Waals surface area contributed by atoms with Crippen LogP contribution >= 0.6 is 11.6 Å². The maximum atomic E-state index is 13.3. The number of carboxylic acid groups (broad SMARTS) is 1. The summed E-state index contributed by atoms with van der Waals surface area (Å²) >= 11 is 6.31. The Morgan fingerprint density at radius 3 is 2.62 bits per heavy atom. The van der Waals surface area contributed by atoms with Gasteiger partial charge in [-0.1, -0.05) is 62.1 Å². The molecule has 4 N–H and O–H groups in total. The second-order valence-electron chi connectivity index (χ2n) is 10.1. The van der Waals surface area contributed by atoms with Crippen molar-refractivity contribution in [3.63, 3.8) is 0 Å². The Labute approximate surface area is 231 Å². The highest BCUT2D eigenvalue weighted by molar-refractivity contribution is 6.31. The fraction of sp³-hybridized carbons (Fsp3) is 0.345. The second kappa shape index (κ2) is 10.6. The lowest BCUT2D eigenvalue weighted by Gasteiger charge is -2.23. The quantitative estimate of drug-likeness (QED) is 0.221. The Bertz CT molecular complexity index is 1570. The van der Waals surface area contributed by atoms with Crippen LogP contribution in [0.1, 0.15) is 62.6 Å². The van der Waals surface area contributed by atoms with Gasteiger partial charge >= 0.3 is 5.97 Å². The van der Waals surface area contributed by atoms with E-state index in [-0.39, 0.29) is 18.1 Å². The Kier molecular flexibility index (Phi) is 7.27. The topological polar surface area (TPSA) is 136 Å². The number of carboxylic acids is 1. The van der Waals surface area contributed by atoms with Gasteiger partial charge in [0.1, 0.15) is 22.7 Å². The molecule has 0 radical (unpaired) electrons. The molecule has 0 spiro atoms. The number of unbranched alkanes of at least 4 members (excludes halogenated alkanes) is 3. The van der Waals surface area contributed by atoms with Crippen molar-refractivity contribution in [3.8, 4) is 11.5 Å². The van der Waals surface area contributed by atoms with Crippen molar-refractivity contribution in [3.05, 3.63) is 64.2 Å². The van der Waals surface area contributed by atoms with Crippen LogP contribution in [-0.2, 0) is 28.0 Å². The van der Waals surface area contributed by atoms with E-state index in [0.717, 1.165) is 47.8 Å². The van der Waals surface area contributed by atoms with Gasteiger partial charge in [-0.2, -0.15) is 5.10 Å². The predicted molar refractivity (Wildman–Crippen MR) is 152 cm³/mol. The summed E-state index contributed by atoms with van der Waals surface area (Å²) < 4.78 is 1.94. The highest BCUT2D eigenvalue weighted by Gasteiger charge is 2.47. The van der Waals surface area contributed by atoms with Gasteiger partial charge in [0.05, 0.1) is 11.1 Å². The van der Waals surface area contributed by atoms with E-state index in [0.29, 0.717) is 34.3 Å². The number of hydrogen-bond donors (Lipinski definition) is 3. The van der Waals surface area contributed by atoms with Crippen molar-refractivity contribution in [1.29, 1.82) is 0 Å². The Morgan fingerprint density at radius 1 is 1.13 bits per heavy atom. The minimum atomic E-state index is -1.10. The van der Waals surface area contributed by atoms with Crippen LogP contribution < -0.4 is 11.1 Å². The number of aryl methyl sites for hydroxylation is 2. The van der Waals surface area contributed by atoms with Crippen molar-refractivity contribution in [2.75, 3.05) is 11.1 Å². The number of carbonyl (C=O) groups excluding carboxylic acids is 1. The SMILES string of the molecule is CCCCCCn1nc(-c2nc(N)c3c(n2)NC(=O)[C@]3(C)c2ccc(CCC(=O)O)cc2)c2ccc(Cl)cc21. The number of hydrogen-bond acceptors (Lipinski definition) is 6. The summed E-state index contributed by atoms with van der Waals surface area (Å²) in [4.78, 5) is 33.6. The normalized spacial score (nSPS) is 16.4. The van der Waals surface area contributed by atoms with Gasteiger partial charge in [0, 0.05) is 23.4 Å². The summed E-state index contributed by atoms with van der Waals surface area (Å²) in [5.41, 5.74) is 9.01. The number of rotatable bonds is 10. The number of nitrogens with one attached hydrogen (secondary N) is 1. The summed E-state index contributed by atoms with van der Waals surface area (Å²) in [7, 11) is 0. The van der Waals surface area contributed by atoms with Gasteiger partial charge in [0.2, 0.25) is 5.91 Å². The van der Waals surface area contributed by atoms with Gasteiger partial charge in [-0.3, -0.25) is 14.3 Å². The molecule has 3 heterocycles. The number of aliphatic carboxylic acids is 1. The van der Waals surface area contributed by atoms with Crippen molar-refractivity contribution in [2.24, 2.45) is 0 Å². The van der Waals surface area contributed by atoms with Crippen LogP contribution in [-0.4, -0.2) is 36.7 Å². The van der Waals surface area contributed by atoms with Crippen LogP contribution in [0.15, 0.2) is 42.5 Å². The minimum Gasteiger partial charge on any atom is -0.481 e. The molecule has 5 rings (SSSR count). The third kappa shape index (κ3) is 4.94. The number of nitrogen functional groups attached to an aromatic ring is 1. The molecule has 1 atom stereocenters. The summed E-state index contributed by atoms with van der Waals surface area (Å²) in [5, 5.41) is 18.2. The van der Waals surface area contributed by atoms with Crippen molar-refractivity contribution >= 4 is 46.0 Å². The van der Waals surface area contributed by atoms with E-state index in [1.54, 1.807) is 6.92 Å². The molecule has 202 valence electrons. The molecular weight excluding hydrogens is 516 g/mol. The number of nitrogens with zero attached hydrogens (tertiary/aromatic N) is 4. The van der Waals surface area contributed by atoms with Crippen LogP contribution in [0, 0.1) is 0 Å². The first-order chi connectivity index (χ1) is 18.7. The zero-order chi connectivity index (χ0) is 27.7. The van der Waals surface area contributed by atoms with Crippen LogP contribution in [0.3, 0.4) is 0 Å². The van der Waals surface area contributed by atoms with E-state index in [2.05, 4.69) is 17.2 Å². The summed E-state index contributed by atoms with van der Waals surface area (Å²) in [6.07, 6.45) is 4.88. The van der Waals surface area contributed by atoms with Gasteiger partial charge in [0.15, 0.2) is 5.82 Å².